The molecule has 0 unspecified atom stereocenters. The van der Waals surface area contributed by atoms with Crippen molar-refractivity contribution in [2.75, 3.05) is 13.2 Å². The summed E-state index contributed by atoms with van der Waals surface area (Å²) in [7, 11) is 0. The zero-order valence-corrected chi connectivity index (χ0v) is 28.2. The lowest BCUT2D eigenvalue weighted by molar-refractivity contribution is -0.182. The van der Waals surface area contributed by atoms with Gasteiger partial charge in [0.05, 0.1) is 10.9 Å². The Hall–Kier alpha value is -3.67. The molecule has 1 aromatic heterocycles. The second-order valence-corrected chi connectivity index (χ2v) is 16.0. The second kappa shape index (κ2) is 10.4. The molecule has 2 aromatic rings. The molecule has 1 aromatic carbocycles. The van der Waals surface area contributed by atoms with Crippen LogP contribution < -0.4 is 4.74 Å². The van der Waals surface area contributed by atoms with E-state index in [9.17, 15) is 14.7 Å². The number of aliphatic hydroxyl groups excluding tert-OH is 1. The van der Waals surface area contributed by atoms with Gasteiger partial charge in [-0.3, -0.25) is 14.6 Å². The van der Waals surface area contributed by atoms with Crippen LogP contribution in [0.4, 0.5) is 0 Å². The molecule has 5 aliphatic carbocycles. The third kappa shape index (κ3) is 4.38. The molecule has 46 heavy (non-hydrogen) atoms. The Kier molecular flexibility index (Phi) is 7.01. The van der Waals surface area contributed by atoms with Crippen LogP contribution in [0.2, 0.25) is 0 Å². The van der Waals surface area contributed by atoms with Crippen LogP contribution >= 0.6 is 0 Å². The van der Waals surface area contributed by atoms with Gasteiger partial charge in [0, 0.05) is 28.6 Å². The Bertz CT molecular complexity index is 1780. The number of hydrogen-bond acceptors (Lipinski definition) is 6. The molecule has 3 saturated carbocycles. The number of nitrogens with zero attached hydrogens (tertiary/aromatic N) is 1. The first-order valence-corrected chi connectivity index (χ1v) is 17.0. The van der Waals surface area contributed by atoms with Crippen molar-refractivity contribution in [3.8, 4) is 5.75 Å². The summed E-state index contributed by atoms with van der Waals surface area (Å²) in [6.45, 7) is 14.2. The number of benzene rings is 1. The summed E-state index contributed by atoms with van der Waals surface area (Å²) in [5.74, 6) is 0.530. The maximum atomic E-state index is 13.8. The third-order valence-corrected chi connectivity index (χ3v) is 13.5. The number of allylic oxidation sites excluding steroid dienone is 7. The van der Waals surface area contributed by atoms with Crippen molar-refractivity contribution in [1.29, 1.82) is 0 Å². The number of carbonyl (C=O) groups is 2. The quantitative estimate of drug-likeness (QED) is 0.265. The van der Waals surface area contributed by atoms with Crippen molar-refractivity contribution in [3.05, 3.63) is 82.8 Å². The van der Waals surface area contributed by atoms with Crippen molar-refractivity contribution in [2.24, 2.45) is 33.0 Å². The topological polar surface area (TPSA) is 85.7 Å². The maximum absolute atomic E-state index is 13.8. The van der Waals surface area contributed by atoms with E-state index in [1.54, 1.807) is 12.3 Å². The maximum Gasteiger partial charge on any atom is 0.311 e. The first kappa shape index (κ1) is 31.0. The van der Waals surface area contributed by atoms with E-state index >= 15 is 0 Å². The van der Waals surface area contributed by atoms with Gasteiger partial charge in [-0.2, -0.15) is 0 Å². The summed E-state index contributed by atoms with van der Waals surface area (Å²) in [5.41, 5.74) is 4.26. The van der Waals surface area contributed by atoms with Crippen LogP contribution in [0.1, 0.15) is 86.5 Å². The Balaban J connectivity index is 1.10. The van der Waals surface area contributed by atoms with Crippen LogP contribution in [0.15, 0.2) is 82.8 Å². The van der Waals surface area contributed by atoms with Crippen molar-refractivity contribution in [3.63, 3.8) is 0 Å². The normalized spacial score (nSPS) is 36.8. The lowest BCUT2D eigenvalue weighted by Gasteiger charge is -2.70. The van der Waals surface area contributed by atoms with Crippen molar-refractivity contribution in [1.82, 2.24) is 4.98 Å². The minimum absolute atomic E-state index is 0.0157. The van der Waals surface area contributed by atoms with Gasteiger partial charge in [0.2, 0.25) is 5.78 Å². The molecule has 6 heteroatoms. The van der Waals surface area contributed by atoms with E-state index in [1.165, 1.54) is 5.57 Å². The van der Waals surface area contributed by atoms with Gasteiger partial charge in [-0.25, -0.2) is 0 Å². The van der Waals surface area contributed by atoms with Gasteiger partial charge in [0.1, 0.15) is 19.0 Å². The number of aliphatic hydroxyl groups is 1. The predicted octanol–water partition coefficient (Wildman–Crippen LogP) is 8.78. The van der Waals surface area contributed by atoms with E-state index in [2.05, 4.69) is 51.8 Å². The average Bonchev–Trinajstić information content (AvgIpc) is 3.04. The number of esters is 1. The highest BCUT2D eigenvalue weighted by molar-refractivity contribution is 6.06. The molecular formula is C40H47NO5. The number of ether oxygens (including phenoxy) is 2. The number of carbonyl (C=O) groups excluding carboxylic acids is 2. The fourth-order valence-electron chi connectivity index (χ4n) is 10.2. The highest BCUT2D eigenvalue weighted by Gasteiger charge is 2.67. The van der Waals surface area contributed by atoms with Crippen LogP contribution in [0.5, 0.6) is 5.75 Å². The summed E-state index contributed by atoms with van der Waals surface area (Å²) >= 11 is 0. The van der Waals surface area contributed by atoms with Crippen molar-refractivity contribution in [2.45, 2.75) is 86.5 Å². The summed E-state index contributed by atoms with van der Waals surface area (Å²) in [6, 6.07) is 9.76. The van der Waals surface area contributed by atoms with Crippen LogP contribution in [0.3, 0.4) is 0 Å². The number of pyridine rings is 1. The number of aromatic nitrogens is 1. The zero-order valence-electron chi connectivity index (χ0n) is 28.2. The molecule has 5 aliphatic rings. The van der Waals surface area contributed by atoms with Gasteiger partial charge in [0.15, 0.2) is 5.76 Å². The van der Waals surface area contributed by atoms with Gasteiger partial charge in [-0.15, -0.1) is 0 Å². The van der Waals surface area contributed by atoms with Crippen LogP contribution in [-0.4, -0.2) is 35.1 Å². The SMILES string of the molecule is CC1=C(O)C(=O)C=C2C1=CC=C1[C@@]2(C)CC[C@@]2(C)[C@@H]3C[C@](C)(C(=O)OCCOc4ccc5cccnc5c4)CC[C@]3(C)CC[C@]12C. The zero-order chi connectivity index (χ0) is 32.7. The largest absolute Gasteiger partial charge is 0.504 e. The monoisotopic (exact) mass is 621 g/mol. The van der Waals surface area contributed by atoms with E-state index < -0.39 is 5.41 Å². The third-order valence-electron chi connectivity index (χ3n) is 13.5. The second-order valence-electron chi connectivity index (χ2n) is 16.0. The first-order valence-electron chi connectivity index (χ1n) is 17.0. The van der Waals surface area contributed by atoms with Crippen LogP contribution in [0, 0.1) is 33.0 Å². The standard InChI is InChI=1S/C40H47NO5/c1-25-28-11-12-32-38(4,29(28)23-31(42)34(25)43)16-18-40(6)33-24-37(3,14-13-36(33,2)15-17-39(32,40)5)35(44)46-21-20-45-27-10-9-26-8-7-19-41-30(26)22-27/h7-12,19,22-23,33,43H,13-18,20-21,24H2,1-6H3/t33-,36-,37-,38+,39-,40+/m1/s1. The Morgan fingerprint density at radius 3 is 2.57 bits per heavy atom. The summed E-state index contributed by atoms with van der Waals surface area (Å²) in [4.78, 5) is 31.0. The predicted molar refractivity (Wildman–Crippen MR) is 179 cm³/mol. The van der Waals surface area contributed by atoms with E-state index in [-0.39, 0.29) is 45.8 Å². The lowest BCUT2D eigenvalue weighted by atomic mass is 9.34. The molecule has 1 heterocycles. The minimum Gasteiger partial charge on any atom is -0.504 e. The first-order chi connectivity index (χ1) is 21.7. The number of fused-ring (bicyclic) bond motifs is 8. The number of hydrogen-bond donors (Lipinski definition) is 1. The molecule has 242 valence electrons. The molecule has 0 spiro atoms. The van der Waals surface area contributed by atoms with Gasteiger partial charge < -0.3 is 14.6 Å². The summed E-state index contributed by atoms with van der Waals surface area (Å²) < 4.78 is 11.9. The van der Waals surface area contributed by atoms with Gasteiger partial charge in [-0.05, 0) is 116 Å². The Labute approximate surface area is 272 Å². The molecule has 0 radical (unpaired) electrons. The molecule has 0 saturated heterocycles. The van der Waals surface area contributed by atoms with Gasteiger partial charge >= 0.3 is 5.97 Å². The van der Waals surface area contributed by atoms with E-state index in [1.807, 2.05) is 37.3 Å². The Morgan fingerprint density at radius 1 is 0.978 bits per heavy atom. The lowest BCUT2D eigenvalue weighted by Crippen LogP contribution is -2.62. The molecule has 1 N–H and O–H groups in total. The number of rotatable bonds is 5. The van der Waals surface area contributed by atoms with Gasteiger partial charge in [-0.1, -0.05) is 51.5 Å². The molecular weight excluding hydrogens is 574 g/mol. The summed E-state index contributed by atoms with van der Waals surface area (Å²) in [5, 5.41) is 11.5. The van der Waals surface area contributed by atoms with Crippen LogP contribution in [0.25, 0.3) is 10.9 Å². The molecule has 6 nitrogen and oxygen atoms in total. The average molecular weight is 622 g/mol. The fourth-order valence-corrected chi connectivity index (χ4v) is 10.2. The molecule has 0 aliphatic heterocycles. The molecule has 3 fully saturated rings. The highest BCUT2D eigenvalue weighted by Crippen LogP contribution is 2.75. The van der Waals surface area contributed by atoms with E-state index in [0.29, 0.717) is 18.1 Å². The van der Waals surface area contributed by atoms with Crippen LogP contribution in [-0.2, 0) is 14.3 Å². The van der Waals surface area contributed by atoms with E-state index in [0.717, 1.165) is 72.7 Å². The smallest absolute Gasteiger partial charge is 0.311 e. The Morgan fingerprint density at radius 2 is 1.76 bits per heavy atom. The highest BCUT2D eigenvalue weighted by atomic mass is 16.6. The molecule has 0 bridgehead atoms. The van der Waals surface area contributed by atoms with Gasteiger partial charge in [0.25, 0.3) is 0 Å². The van der Waals surface area contributed by atoms with E-state index in [4.69, 9.17) is 9.47 Å². The molecule has 7 rings (SSSR count). The molecule has 0 amide bonds. The summed E-state index contributed by atoms with van der Waals surface area (Å²) in [6.07, 6.45) is 14.7. The minimum atomic E-state index is -0.551. The molecule has 6 atom stereocenters. The number of ketones is 1. The van der Waals surface area contributed by atoms with Crippen molar-refractivity contribution < 1.29 is 24.2 Å². The fraction of sp³-hybridized carbons (Fsp3) is 0.525. The van der Waals surface area contributed by atoms with Crippen molar-refractivity contribution >= 4 is 22.7 Å².